The Labute approximate surface area is 406 Å². The summed E-state index contributed by atoms with van der Waals surface area (Å²) in [7, 11) is 0. The van der Waals surface area contributed by atoms with Gasteiger partial charge in [-0.25, -0.2) is 0 Å². The molecule has 6 heteroatoms. The van der Waals surface area contributed by atoms with Crippen LogP contribution in [0.3, 0.4) is 0 Å². The summed E-state index contributed by atoms with van der Waals surface area (Å²) in [6, 6.07) is -0.542. The van der Waals surface area contributed by atoms with E-state index in [1.54, 1.807) is 0 Å². The summed E-state index contributed by atoms with van der Waals surface area (Å²) >= 11 is 0. The number of amides is 1. The molecule has 1 amide bonds. The van der Waals surface area contributed by atoms with Gasteiger partial charge in [0, 0.05) is 12.8 Å². The fraction of sp³-hybridized carbons (Fsp3) is 0.932. The Balaban J connectivity index is 3.39. The molecule has 0 radical (unpaired) electrons. The molecule has 0 rings (SSSR count). The summed E-state index contributed by atoms with van der Waals surface area (Å²) in [6.07, 6.45) is 64.9. The maximum Gasteiger partial charge on any atom is 0.305 e. The van der Waals surface area contributed by atoms with E-state index in [9.17, 15) is 19.8 Å². The number of hydrogen-bond acceptors (Lipinski definition) is 5. The molecule has 6 nitrogen and oxygen atoms in total. The number of allylic oxidation sites excluding steroid dienone is 2. The smallest absolute Gasteiger partial charge is 0.305 e. The largest absolute Gasteiger partial charge is 0.466 e. The summed E-state index contributed by atoms with van der Waals surface area (Å²) < 4.78 is 5.48. The monoisotopic (exact) mass is 918 g/mol. The third-order valence-electron chi connectivity index (χ3n) is 13.8. The van der Waals surface area contributed by atoms with Gasteiger partial charge < -0.3 is 20.3 Å². The van der Waals surface area contributed by atoms with Gasteiger partial charge in [0.05, 0.1) is 25.4 Å². The van der Waals surface area contributed by atoms with Gasteiger partial charge in [-0.2, -0.15) is 0 Å². The van der Waals surface area contributed by atoms with Crippen molar-refractivity contribution in [3.05, 3.63) is 12.2 Å². The van der Waals surface area contributed by atoms with Crippen molar-refractivity contribution in [3.63, 3.8) is 0 Å². The Bertz CT molecular complexity index is 970. The number of unbranched alkanes of at least 4 members (excludes halogenated alkanes) is 42. The van der Waals surface area contributed by atoms with Crippen LogP contribution in [-0.2, 0) is 14.3 Å². The van der Waals surface area contributed by atoms with Gasteiger partial charge in [-0.3, -0.25) is 9.59 Å². The molecule has 0 aromatic heterocycles. The molecule has 0 aliphatic rings. The zero-order valence-electron chi connectivity index (χ0n) is 44.0. The average Bonchev–Trinajstić information content (AvgIpc) is 3.31. The van der Waals surface area contributed by atoms with Crippen LogP contribution in [-0.4, -0.2) is 47.4 Å². The second-order valence-electron chi connectivity index (χ2n) is 20.3. The van der Waals surface area contributed by atoms with Gasteiger partial charge in [0.1, 0.15) is 0 Å². The maximum absolute atomic E-state index is 12.5. The maximum atomic E-state index is 12.5. The minimum atomic E-state index is -0.665. The highest BCUT2D eigenvalue weighted by Crippen LogP contribution is 2.18. The van der Waals surface area contributed by atoms with Gasteiger partial charge >= 0.3 is 5.97 Å². The van der Waals surface area contributed by atoms with Crippen molar-refractivity contribution in [1.29, 1.82) is 0 Å². The standard InChI is InChI=1S/C59H115NO5/c1-3-5-7-9-11-13-15-17-24-29-33-37-41-45-49-53-59(64)65-54-50-46-42-38-34-30-26-23-21-19-20-22-25-28-32-36-40-44-48-52-58(63)60-56(55-61)57(62)51-47-43-39-35-31-27-18-16-14-12-10-8-6-4-2/h17,24,56-57,61-62H,3-16,18-23,25-55H2,1-2H3,(H,60,63)/b24-17-. The van der Waals surface area contributed by atoms with Crippen molar-refractivity contribution >= 4 is 11.9 Å². The number of aliphatic hydroxyl groups is 2. The zero-order chi connectivity index (χ0) is 47.2. The van der Waals surface area contributed by atoms with Crippen LogP contribution in [0.1, 0.15) is 328 Å². The van der Waals surface area contributed by atoms with Crippen LogP contribution in [0.4, 0.5) is 0 Å². The molecule has 386 valence electrons. The Morgan fingerprint density at radius 1 is 0.415 bits per heavy atom. The first-order valence-electron chi connectivity index (χ1n) is 29.4. The second kappa shape index (κ2) is 55.2. The number of hydrogen-bond donors (Lipinski definition) is 3. The number of ether oxygens (including phenoxy) is 1. The second-order valence-corrected chi connectivity index (χ2v) is 20.3. The van der Waals surface area contributed by atoms with E-state index in [-0.39, 0.29) is 18.5 Å². The number of esters is 1. The molecule has 0 saturated carbocycles. The molecule has 0 aliphatic carbocycles. The first-order chi connectivity index (χ1) is 32.0. The van der Waals surface area contributed by atoms with Gasteiger partial charge in [0.15, 0.2) is 0 Å². The van der Waals surface area contributed by atoms with Gasteiger partial charge in [0.2, 0.25) is 5.91 Å². The summed E-state index contributed by atoms with van der Waals surface area (Å²) in [5, 5.41) is 23.3. The van der Waals surface area contributed by atoms with Crippen molar-refractivity contribution in [2.75, 3.05) is 13.2 Å². The van der Waals surface area contributed by atoms with Crippen molar-refractivity contribution in [2.45, 2.75) is 341 Å². The third kappa shape index (κ3) is 51.8. The highest BCUT2D eigenvalue weighted by Gasteiger charge is 2.20. The van der Waals surface area contributed by atoms with Crippen molar-refractivity contribution in [2.24, 2.45) is 0 Å². The number of aliphatic hydroxyl groups excluding tert-OH is 2. The average molecular weight is 919 g/mol. The highest BCUT2D eigenvalue weighted by atomic mass is 16.5. The number of nitrogens with one attached hydrogen (secondary N) is 1. The van der Waals surface area contributed by atoms with E-state index < -0.39 is 12.1 Å². The van der Waals surface area contributed by atoms with Gasteiger partial charge in [-0.15, -0.1) is 0 Å². The van der Waals surface area contributed by atoms with Crippen LogP contribution in [0.5, 0.6) is 0 Å². The molecule has 2 unspecified atom stereocenters. The predicted octanol–water partition coefficient (Wildman–Crippen LogP) is 18.1. The van der Waals surface area contributed by atoms with Gasteiger partial charge in [-0.1, -0.05) is 276 Å². The normalized spacial score (nSPS) is 12.6. The lowest BCUT2D eigenvalue weighted by atomic mass is 10.0. The fourth-order valence-corrected chi connectivity index (χ4v) is 9.28. The van der Waals surface area contributed by atoms with Crippen molar-refractivity contribution in [3.8, 4) is 0 Å². The molecule has 0 aliphatic heterocycles. The van der Waals surface area contributed by atoms with Gasteiger partial charge in [-0.05, 0) is 51.4 Å². The minimum Gasteiger partial charge on any atom is -0.466 e. The van der Waals surface area contributed by atoms with Crippen LogP contribution in [0.2, 0.25) is 0 Å². The van der Waals surface area contributed by atoms with E-state index >= 15 is 0 Å². The Kier molecular flexibility index (Phi) is 54.0. The topological polar surface area (TPSA) is 95.9 Å². The van der Waals surface area contributed by atoms with Gasteiger partial charge in [0.25, 0.3) is 0 Å². The summed E-state index contributed by atoms with van der Waals surface area (Å²) in [4.78, 5) is 24.5. The molecule has 3 N–H and O–H groups in total. The van der Waals surface area contributed by atoms with Crippen LogP contribution in [0.25, 0.3) is 0 Å². The summed E-state index contributed by atoms with van der Waals surface area (Å²) in [5.41, 5.74) is 0. The molecule has 2 atom stereocenters. The van der Waals surface area contributed by atoms with Crippen LogP contribution >= 0.6 is 0 Å². The molecular formula is C59H115NO5. The fourth-order valence-electron chi connectivity index (χ4n) is 9.28. The Morgan fingerprint density at radius 2 is 0.723 bits per heavy atom. The first-order valence-corrected chi connectivity index (χ1v) is 29.4. The molecule has 0 heterocycles. The molecular weight excluding hydrogens is 803 g/mol. The van der Waals surface area contributed by atoms with Crippen LogP contribution in [0.15, 0.2) is 12.2 Å². The predicted molar refractivity (Wildman–Crippen MR) is 283 cm³/mol. The Morgan fingerprint density at radius 3 is 1.09 bits per heavy atom. The van der Waals surface area contributed by atoms with Crippen LogP contribution < -0.4 is 5.32 Å². The quantitative estimate of drug-likeness (QED) is 0.0321. The first kappa shape index (κ1) is 63.6. The van der Waals surface area contributed by atoms with E-state index in [0.29, 0.717) is 25.9 Å². The van der Waals surface area contributed by atoms with Crippen molar-refractivity contribution < 1.29 is 24.5 Å². The molecule has 0 fully saturated rings. The SMILES string of the molecule is CCCCCCCC/C=C\CCCCCCCC(=O)OCCCCCCCCCCCCCCCCCCCCCC(=O)NC(CO)C(O)CCCCCCCCCCCCCCCC. The molecule has 0 aromatic rings. The molecule has 0 aromatic carbocycles. The minimum absolute atomic E-state index is 0.00171. The van der Waals surface area contributed by atoms with E-state index in [1.807, 2.05) is 0 Å². The number of carbonyl (C=O) groups is 2. The number of rotatable bonds is 55. The molecule has 0 saturated heterocycles. The summed E-state index contributed by atoms with van der Waals surface area (Å²) in [5.74, 6) is -0.0345. The summed E-state index contributed by atoms with van der Waals surface area (Å²) in [6.45, 7) is 4.95. The van der Waals surface area contributed by atoms with E-state index in [1.165, 1.54) is 250 Å². The molecule has 65 heavy (non-hydrogen) atoms. The zero-order valence-corrected chi connectivity index (χ0v) is 44.0. The lowest BCUT2D eigenvalue weighted by Crippen LogP contribution is -2.45. The lowest BCUT2D eigenvalue weighted by molar-refractivity contribution is -0.143. The lowest BCUT2D eigenvalue weighted by Gasteiger charge is -2.22. The highest BCUT2D eigenvalue weighted by molar-refractivity contribution is 5.76. The molecule has 0 bridgehead atoms. The van der Waals surface area contributed by atoms with Crippen molar-refractivity contribution in [1.82, 2.24) is 5.32 Å². The third-order valence-corrected chi connectivity index (χ3v) is 13.8. The molecule has 0 spiro atoms. The van der Waals surface area contributed by atoms with E-state index in [2.05, 4.69) is 31.3 Å². The van der Waals surface area contributed by atoms with Crippen LogP contribution in [0, 0.1) is 0 Å². The number of carbonyl (C=O) groups excluding carboxylic acids is 2. The van der Waals surface area contributed by atoms with E-state index in [4.69, 9.17) is 4.74 Å². The Hall–Kier alpha value is -1.40. The van der Waals surface area contributed by atoms with E-state index in [0.717, 1.165) is 44.9 Å².